The second-order valence-electron chi connectivity index (χ2n) is 11.2. The van der Waals surface area contributed by atoms with Crippen LogP contribution in [0.25, 0.3) is 0 Å². The van der Waals surface area contributed by atoms with Gasteiger partial charge in [-0.05, 0) is 62.5 Å². The summed E-state index contributed by atoms with van der Waals surface area (Å²) in [4.78, 5) is 12.1. The summed E-state index contributed by atoms with van der Waals surface area (Å²) in [5, 5.41) is 0.316. The molecule has 6 heteroatoms. The van der Waals surface area contributed by atoms with Crippen LogP contribution in [0.4, 0.5) is 0 Å². The normalized spacial score (nSPS) is 22.2. The predicted molar refractivity (Wildman–Crippen MR) is 123 cm³/mol. The minimum absolute atomic E-state index is 0.102. The summed E-state index contributed by atoms with van der Waals surface area (Å²) in [6.45, 7) is 25.0. The zero-order chi connectivity index (χ0) is 22.0. The third kappa shape index (κ3) is 7.11. The number of hydrogen-bond acceptors (Lipinski definition) is 4. The maximum atomic E-state index is 12.1. The van der Waals surface area contributed by atoms with Crippen molar-refractivity contribution >= 4 is 22.6 Å². The number of carbonyl (C=O) groups is 1. The van der Waals surface area contributed by atoms with Crippen molar-refractivity contribution in [2.75, 3.05) is 6.61 Å². The smallest absolute Gasteiger partial charge is 0.330 e. The molecule has 2 atom stereocenters. The van der Waals surface area contributed by atoms with Crippen molar-refractivity contribution in [3.63, 3.8) is 0 Å². The minimum Gasteiger partial charge on any atom is -0.463 e. The van der Waals surface area contributed by atoms with Gasteiger partial charge < -0.3 is 13.6 Å². The maximum Gasteiger partial charge on any atom is 0.330 e. The first-order chi connectivity index (χ1) is 12.5. The lowest BCUT2D eigenvalue weighted by Crippen LogP contribution is -2.49. The van der Waals surface area contributed by atoms with Crippen LogP contribution in [0.2, 0.25) is 36.3 Å². The quantitative estimate of drug-likeness (QED) is 0.277. The largest absolute Gasteiger partial charge is 0.463 e. The summed E-state index contributed by atoms with van der Waals surface area (Å²) >= 11 is 0. The fraction of sp³-hybridized carbons (Fsp3) is 0.864. The van der Waals surface area contributed by atoms with Crippen molar-refractivity contribution in [2.45, 2.75) is 116 Å². The summed E-state index contributed by atoms with van der Waals surface area (Å²) in [7, 11) is -3.78. The summed E-state index contributed by atoms with van der Waals surface area (Å²) in [6, 6.07) is 0. The van der Waals surface area contributed by atoms with E-state index in [1.807, 2.05) is 6.92 Å². The van der Waals surface area contributed by atoms with E-state index in [1.54, 1.807) is 6.08 Å². The zero-order valence-electron chi connectivity index (χ0n) is 20.2. The molecule has 1 rings (SSSR count). The number of ether oxygens (including phenoxy) is 1. The standard InChI is InChI=1S/C22H44O4Si2/c1-12-24-20(23)15-17-13-18(25-27(8,9)21(2,3)4)16-19(14-17)26-28(10,11)22(5,6)7/h15,18-19H,12-14,16H2,1-11H3/t18-,19-/m1/s1. The zero-order valence-corrected chi connectivity index (χ0v) is 22.2. The van der Waals surface area contributed by atoms with Crippen molar-refractivity contribution in [1.29, 1.82) is 0 Å². The lowest BCUT2D eigenvalue weighted by molar-refractivity contribution is -0.137. The molecule has 0 aromatic carbocycles. The molecule has 0 aromatic heterocycles. The first-order valence-corrected chi connectivity index (χ1v) is 16.5. The van der Waals surface area contributed by atoms with E-state index in [0.717, 1.165) is 24.8 Å². The molecule has 0 heterocycles. The molecule has 0 aliphatic heterocycles. The summed E-state index contributed by atoms with van der Waals surface area (Å²) in [6.07, 6.45) is 4.37. The molecule has 0 aromatic rings. The highest BCUT2D eigenvalue weighted by Crippen LogP contribution is 2.42. The Balaban J connectivity index is 3.06. The molecule has 0 radical (unpaired) electrons. The monoisotopic (exact) mass is 428 g/mol. The molecular weight excluding hydrogens is 384 g/mol. The van der Waals surface area contributed by atoms with Crippen LogP contribution in [0.15, 0.2) is 11.6 Å². The van der Waals surface area contributed by atoms with Gasteiger partial charge in [-0.25, -0.2) is 4.79 Å². The van der Waals surface area contributed by atoms with Gasteiger partial charge in [-0.15, -0.1) is 0 Å². The maximum absolute atomic E-state index is 12.1. The lowest BCUT2D eigenvalue weighted by atomic mass is 9.90. The molecule has 164 valence electrons. The highest BCUT2D eigenvalue weighted by atomic mass is 28.4. The molecule has 0 spiro atoms. The van der Waals surface area contributed by atoms with E-state index in [1.165, 1.54) is 0 Å². The molecule has 1 aliphatic carbocycles. The van der Waals surface area contributed by atoms with Crippen LogP contribution >= 0.6 is 0 Å². The number of carbonyl (C=O) groups excluding carboxylic acids is 1. The van der Waals surface area contributed by atoms with E-state index in [9.17, 15) is 4.79 Å². The third-order valence-electron chi connectivity index (χ3n) is 6.65. The van der Waals surface area contributed by atoms with E-state index in [4.69, 9.17) is 13.6 Å². The topological polar surface area (TPSA) is 44.8 Å². The number of hydrogen-bond donors (Lipinski definition) is 0. The SMILES string of the molecule is CCOC(=O)C=C1C[C@@H](O[Si](C)(C)C(C)(C)C)C[C@H](O[Si](C)(C)C(C)(C)C)C1. The molecule has 1 aliphatic rings. The van der Waals surface area contributed by atoms with Gasteiger partial charge in [-0.1, -0.05) is 47.1 Å². The van der Waals surface area contributed by atoms with Gasteiger partial charge in [0.15, 0.2) is 16.6 Å². The summed E-state index contributed by atoms with van der Waals surface area (Å²) < 4.78 is 18.6. The molecule has 1 saturated carbocycles. The van der Waals surface area contributed by atoms with Crippen LogP contribution in [-0.4, -0.2) is 41.4 Å². The predicted octanol–water partition coefficient (Wildman–Crippen LogP) is 6.44. The van der Waals surface area contributed by atoms with E-state index < -0.39 is 16.6 Å². The van der Waals surface area contributed by atoms with Gasteiger partial charge in [0.1, 0.15) is 0 Å². The van der Waals surface area contributed by atoms with Crippen LogP contribution in [0.1, 0.15) is 67.7 Å². The van der Waals surface area contributed by atoms with Crippen LogP contribution in [0.3, 0.4) is 0 Å². The van der Waals surface area contributed by atoms with Gasteiger partial charge in [0, 0.05) is 6.08 Å². The van der Waals surface area contributed by atoms with E-state index in [-0.39, 0.29) is 28.3 Å². The highest BCUT2D eigenvalue weighted by molar-refractivity contribution is 6.74. The molecule has 1 fully saturated rings. The Hall–Kier alpha value is -0.436. The number of esters is 1. The van der Waals surface area contributed by atoms with E-state index >= 15 is 0 Å². The van der Waals surface area contributed by atoms with Crippen molar-refractivity contribution in [3.8, 4) is 0 Å². The molecule has 0 bridgehead atoms. The lowest BCUT2D eigenvalue weighted by Gasteiger charge is -2.45. The van der Waals surface area contributed by atoms with Crippen molar-refractivity contribution < 1.29 is 18.4 Å². The second kappa shape index (κ2) is 9.15. The first-order valence-electron chi connectivity index (χ1n) is 10.7. The molecule has 0 amide bonds. The Labute approximate surface area is 175 Å². The Morgan fingerprint density at radius 3 is 1.64 bits per heavy atom. The summed E-state index contributed by atoms with van der Waals surface area (Å²) in [5.41, 5.74) is 1.09. The van der Waals surface area contributed by atoms with Gasteiger partial charge in [-0.2, -0.15) is 0 Å². The second-order valence-corrected chi connectivity index (χ2v) is 20.7. The average Bonchev–Trinajstić information content (AvgIpc) is 2.43. The van der Waals surface area contributed by atoms with Gasteiger partial charge in [0.25, 0.3) is 0 Å². The Bertz CT molecular complexity index is 530. The Morgan fingerprint density at radius 2 is 1.32 bits per heavy atom. The van der Waals surface area contributed by atoms with E-state index in [0.29, 0.717) is 6.61 Å². The van der Waals surface area contributed by atoms with Gasteiger partial charge >= 0.3 is 5.97 Å². The third-order valence-corrected chi connectivity index (χ3v) is 15.7. The Kier molecular flexibility index (Phi) is 8.36. The molecule has 0 N–H and O–H groups in total. The Morgan fingerprint density at radius 1 is 0.929 bits per heavy atom. The van der Waals surface area contributed by atoms with Crippen molar-refractivity contribution in [3.05, 3.63) is 11.6 Å². The molecular formula is C22H44O4Si2. The molecule has 0 unspecified atom stereocenters. The van der Waals surface area contributed by atoms with Crippen LogP contribution in [-0.2, 0) is 18.4 Å². The molecule has 4 nitrogen and oxygen atoms in total. The van der Waals surface area contributed by atoms with Crippen molar-refractivity contribution in [2.24, 2.45) is 0 Å². The van der Waals surface area contributed by atoms with Crippen molar-refractivity contribution in [1.82, 2.24) is 0 Å². The van der Waals surface area contributed by atoms with Gasteiger partial charge in [-0.3, -0.25) is 0 Å². The first kappa shape index (κ1) is 25.6. The fourth-order valence-corrected chi connectivity index (χ4v) is 5.70. The number of rotatable bonds is 6. The highest BCUT2D eigenvalue weighted by Gasteiger charge is 2.43. The van der Waals surface area contributed by atoms with Crippen LogP contribution in [0.5, 0.6) is 0 Å². The molecule has 0 saturated heterocycles. The van der Waals surface area contributed by atoms with Crippen LogP contribution < -0.4 is 0 Å². The van der Waals surface area contributed by atoms with E-state index in [2.05, 4.69) is 67.7 Å². The molecule has 28 heavy (non-hydrogen) atoms. The van der Waals surface area contributed by atoms with Gasteiger partial charge in [0.05, 0.1) is 18.8 Å². The van der Waals surface area contributed by atoms with Crippen LogP contribution in [0, 0.1) is 0 Å². The fourth-order valence-electron chi connectivity index (χ4n) is 2.96. The van der Waals surface area contributed by atoms with Gasteiger partial charge in [0.2, 0.25) is 0 Å². The average molecular weight is 429 g/mol. The minimum atomic E-state index is -1.89. The summed E-state index contributed by atoms with van der Waals surface area (Å²) in [5.74, 6) is -0.253.